The lowest BCUT2D eigenvalue weighted by atomic mass is 9.89. The third kappa shape index (κ3) is 6.16. The fraction of sp³-hybridized carbons (Fsp3) is 1.00. The highest BCUT2D eigenvalue weighted by Gasteiger charge is 2.21. The first-order valence-electron chi connectivity index (χ1n) is 6.60. The molecule has 3 N–H and O–H groups in total. The van der Waals surface area contributed by atoms with Crippen molar-refractivity contribution in [1.29, 1.82) is 0 Å². The Balaban J connectivity index is 3.63. The monoisotopic (exact) mass is 214 g/mol. The van der Waals surface area contributed by atoms with Gasteiger partial charge in [-0.1, -0.05) is 27.2 Å². The highest BCUT2D eigenvalue weighted by atomic mass is 15.0. The van der Waals surface area contributed by atoms with Crippen LogP contribution in [0.25, 0.3) is 0 Å². The molecule has 15 heavy (non-hydrogen) atoms. The van der Waals surface area contributed by atoms with Gasteiger partial charge in [-0.3, -0.25) is 0 Å². The molecule has 0 fully saturated rings. The summed E-state index contributed by atoms with van der Waals surface area (Å²) in [6.45, 7) is 10.1. The molecule has 0 aromatic heterocycles. The van der Waals surface area contributed by atoms with Gasteiger partial charge in [0.25, 0.3) is 0 Å². The average Bonchev–Trinajstić information content (AvgIpc) is 2.24. The molecule has 0 spiro atoms. The number of nitrogens with one attached hydrogen (secondary N) is 1. The number of hydrogen-bond donors (Lipinski definition) is 2. The van der Waals surface area contributed by atoms with E-state index in [4.69, 9.17) is 5.73 Å². The maximum atomic E-state index is 5.72. The Kier molecular flexibility index (Phi) is 8.07. The van der Waals surface area contributed by atoms with Crippen LogP contribution in [0.15, 0.2) is 0 Å². The highest BCUT2D eigenvalue weighted by Crippen LogP contribution is 2.19. The fourth-order valence-electron chi connectivity index (χ4n) is 2.07. The summed E-state index contributed by atoms with van der Waals surface area (Å²) in [6.07, 6.45) is 7.34. The summed E-state index contributed by atoms with van der Waals surface area (Å²) in [5.41, 5.74) is 6.10. The van der Waals surface area contributed by atoms with Gasteiger partial charge in [0, 0.05) is 11.6 Å². The molecule has 2 nitrogen and oxygen atoms in total. The van der Waals surface area contributed by atoms with Crippen LogP contribution >= 0.6 is 0 Å². The topological polar surface area (TPSA) is 38.0 Å². The molecule has 0 aromatic rings. The van der Waals surface area contributed by atoms with E-state index in [0.717, 1.165) is 13.0 Å². The molecule has 2 heteroatoms. The van der Waals surface area contributed by atoms with Crippen LogP contribution in [0.4, 0.5) is 0 Å². The zero-order valence-electron chi connectivity index (χ0n) is 11.1. The van der Waals surface area contributed by atoms with E-state index >= 15 is 0 Å². The number of rotatable bonds is 9. The Hall–Kier alpha value is -0.0800. The highest BCUT2D eigenvalue weighted by molar-refractivity contribution is 4.83. The Morgan fingerprint density at radius 3 is 2.00 bits per heavy atom. The minimum Gasteiger partial charge on any atom is -0.328 e. The second-order valence-corrected chi connectivity index (χ2v) is 4.74. The number of nitrogens with two attached hydrogens (primary N) is 1. The van der Waals surface area contributed by atoms with E-state index in [9.17, 15) is 0 Å². The van der Waals surface area contributed by atoms with Crippen molar-refractivity contribution in [3.8, 4) is 0 Å². The van der Waals surface area contributed by atoms with Gasteiger partial charge in [-0.2, -0.15) is 0 Å². The van der Waals surface area contributed by atoms with E-state index in [1.807, 2.05) is 0 Å². The summed E-state index contributed by atoms with van der Waals surface area (Å²) in [7, 11) is 0. The first kappa shape index (κ1) is 14.9. The van der Waals surface area contributed by atoms with Gasteiger partial charge >= 0.3 is 0 Å². The first-order chi connectivity index (χ1) is 7.10. The van der Waals surface area contributed by atoms with Gasteiger partial charge in [-0.15, -0.1) is 0 Å². The van der Waals surface area contributed by atoms with Crippen molar-refractivity contribution in [2.75, 3.05) is 6.54 Å². The summed E-state index contributed by atoms with van der Waals surface area (Å²) in [4.78, 5) is 0. The second kappa shape index (κ2) is 8.12. The molecule has 0 saturated heterocycles. The normalized spacial score (nSPS) is 14.2. The molecule has 0 bridgehead atoms. The van der Waals surface area contributed by atoms with Crippen molar-refractivity contribution in [3.63, 3.8) is 0 Å². The molecule has 0 saturated carbocycles. The lowest BCUT2D eigenvalue weighted by Gasteiger charge is -2.32. The van der Waals surface area contributed by atoms with E-state index in [1.54, 1.807) is 0 Å². The van der Waals surface area contributed by atoms with Gasteiger partial charge in [0.15, 0.2) is 0 Å². The van der Waals surface area contributed by atoms with Crippen molar-refractivity contribution >= 4 is 0 Å². The van der Waals surface area contributed by atoms with Crippen molar-refractivity contribution in [2.24, 2.45) is 5.73 Å². The number of hydrogen-bond acceptors (Lipinski definition) is 2. The van der Waals surface area contributed by atoms with Crippen LogP contribution in [0.1, 0.15) is 66.2 Å². The molecular weight excluding hydrogens is 184 g/mol. The van der Waals surface area contributed by atoms with Crippen molar-refractivity contribution in [2.45, 2.75) is 77.8 Å². The molecule has 0 aromatic carbocycles. The van der Waals surface area contributed by atoms with Crippen LogP contribution in [0.2, 0.25) is 0 Å². The SMILES string of the molecule is CCC(CC)(CC)NCCCCC(C)N. The minimum absolute atomic E-state index is 0.360. The Labute approximate surface area is 96.0 Å². The lowest BCUT2D eigenvalue weighted by Crippen LogP contribution is -2.44. The molecule has 0 aliphatic heterocycles. The number of unbranched alkanes of at least 4 members (excludes halogenated alkanes) is 1. The van der Waals surface area contributed by atoms with Crippen LogP contribution in [-0.4, -0.2) is 18.1 Å². The summed E-state index contributed by atoms with van der Waals surface area (Å²) >= 11 is 0. The minimum atomic E-state index is 0.360. The van der Waals surface area contributed by atoms with Gasteiger partial charge in [0.1, 0.15) is 0 Å². The largest absolute Gasteiger partial charge is 0.328 e. The molecule has 0 rings (SSSR count). The molecule has 0 aliphatic rings. The van der Waals surface area contributed by atoms with Crippen LogP contribution < -0.4 is 11.1 Å². The summed E-state index contributed by atoms with van der Waals surface area (Å²) in [6, 6.07) is 0.360. The predicted octanol–water partition coefficient (Wildman–Crippen LogP) is 3.06. The van der Waals surface area contributed by atoms with Gasteiger partial charge in [0.2, 0.25) is 0 Å². The van der Waals surface area contributed by atoms with Crippen LogP contribution in [0.3, 0.4) is 0 Å². The third-order valence-electron chi connectivity index (χ3n) is 3.62. The Bertz CT molecular complexity index is 131. The summed E-state index contributed by atoms with van der Waals surface area (Å²) in [5, 5.41) is 3.72. The van der Waals surface area contributed by atoms with Crippen LogP contribution in [0.5, 0.6) is 0 Å². The molecule has 1 atom stereocenters. The van der Waals surface area contributed by atoms with E-state index in [-0.39, 0.29) is 0 Å². The Morgan fingerprint density at radius 1 is 1.07 bits per heavy atom. The van der Waals surface area contributed by atoms with E-state index in [2.05, 4.69) is 33.0 Å². The maximum Gasteiger partial charge on any atom is 0.0173 e. The average molecular weight is 214 g/mol. The summed E-state index contributed by atoms with van der Waals surface area (Å²) < 4.78 is 0. The van der Waals surface area contributed by atoms with E-state index < -0.39 is 0 Å². The maximum absolute atomic E-state index is 5.72. The zero-order valence-corrected chi connectivity index (χ0v) is 11.1. The summed E-state index contributed by atoms with van der Waals surface area (Å²) in [5.74, 6) is 0. The van der Waals surface area contributed by atoms with Gasteiger partial charge in [-0.05, 0) is 45.6 Å². The van der Waals surface area contributed by atoms with Crippen molar-refractivity contribution < 1.29 is 0 Å². The molecule has 0 aliphatic carbocycles. The second-order valence-electron chi connectivity index (χ2n) is 4.74. The quantitative estimate of drug-likeness (QED) is 0.579. The fourth-order valence-corrected chi connectivity index (χ4v) is 2.07. The van der Waals surface area contributed by atoms with E-state index in [0.29, 0.717) is 11.6 Å². The molecule has 1 unspecified atom stereocenters. The molecule has 0 amide bonds. The molecular formula is C13H30N2. The first-order valence-corrected chi connectivity index (χ1v) is 6.60. The Morgan fingerprint density at radius 2 is 1.60 bits per heavy atom. The standard InChI is InChI=1S/C13H30N2/c1-5-13(6-2,7-3)15-11-9-8-10-12(4)14/h12,15H,5-11,14H2,1-4H3. The van der Waals surface area contributed by atoms with Crippen LogP contribution in [-0.2, 0) is 0 Å². The third-order valence-corrected chi connectivity index (χ3v) is 3.62. The van der Waals surface area contributed by atoms with Crippen molar-refractivity contribution in [1.82, 2.24) is 5.32 Å². The van der Waals surface area contributed by atoms with Gasteiger partial charge in [-0.25, -0.2) is 0 Å². The molecule has 92 valence electrons. The predicted molar refractivity (Wildman–Crippen MR) is 69.1 cm³/mol. The van der Waals surface area contributed by atoms with Gasteiger partial charge in [0.05, 0.1) is 0 Å². The van der Waals surface area contributed by atoms with Crippen LogP contribution in [0, 0.1) is 0 Å². The lowest BCUT2D eigenvalue weighted by molar-refractivity contribution is 0.288. The van der Waals surface area contributed by atoms with Gasteiger partial charge < -0.3 is 11.1 Å². The van der Waals surface area contributed by atoms with E-state index in [1.165, 1.54) is 32.1 Å². The van der Waals surface area contributed by atoms with Crippen molar-refractivity contribution in [3.05, 3.63) is 0 Å². The zero-order chi connectivity index (χ0) is 11.7. The molecule has 0 radical (unpaired) electrons. The molecule has 0 heterocycles. The smallest absolute Gasteiger partial charge is 0.0173 e.